The third kappa shape index (κ3) is 2.08. The van der Waals surface area contributed by atoms with Gasteiger partial charge in [-0.1, -0.05) is 0 Å². The molecule has 0 saturated heterocycles. The molecule has 2 aromatic rings. The van der Waals surface area contributed by atoms with Gasteiger partial charge >= 0.3 is 0 Å². The molecular weight excluding hydrogens is 257 g/mol. The minimum absolute atomic E-state index is 0.0829. The first-order valence-electron chi connectivity index (χ1n) is 5.10. The van der Waals surface area contributed by atoms with Gasteiger partial charge in [0.1, 0.15) is 11.6 Å². The van der Waals surface area contributed by atoms with Gasteiger partial charge in [0.15, 0.2) is 9.84 Å². The number of H-pyrrole nitrogens is 1. The van der Waals surface area contributed by atoms with E-state index in [9.17, 15) is 12.8 Å². The summed E-state index contributed by atoms with van der Waals surface area (Å²) in [6, 6.07) is 2.46. The van der Waals surface area contributed by atoms with Gasteiger partial charge in [-0.15, -0.1) is 0 Å². The summed E-state index contributed by atoms with van der Waals surface area (Å²) in [5, 5.41) is 6.17. The Labute approximate surface area is 104 Å². The minimum atomic E-state index is -3.41. The molecule has 0 aliphatic carbocycles. The first-order valence-corrected chi connectivity index (χ1v) is 6.99. The van der Waals surface area contributed by atoms with Gasteiger partial charge in [-0.25, -0.2) is 12.8 Å². The zero-order valence-electron chi connectivity index (χ0n) is 9.86. The number of aromatic amines is 1. The fourth-order valence-electron chi connectivity index (χ4n) is 1.77. The summed E-state index contributed by atoms with van der Waals surface area (Å²) in [5.74, 6) is -0.342. The number of nitrogens with zero attached hydrogens (tertiary/aromatic N) is 1. The number of hydrogen-bond donors (Lipinski definition) is 2. The smallest absolute Gasteiger partial charge is 0.175 e. The van der Waals surface area contributed by atoms with Gasteiger partial charge in [0, 0.05) is 17.4 Å². The second-order valence-corrected chi connectivity index (χ2v) is 6.05. The lowest BCUT2D eigenvalue weighted by Crippen LogP contribution is -2.02. The topological polar surface area (TPSA) is 88.8 Å². The zero-order chi connectivity index (χ0) is 13.5. The number of nitrogens with one attached hydrogen (secondary N) is 1. The van der Waals surface area contributed by atoms with Crippen molar-refractivity contribution in [1.29, 1.82) is 0 Å². The Morgan fingerprint density at radius 2 is 2.00 bits per heavy atom. The predicted molar refractivity (Wildman–Crippen MR) is 66.2 cm³/mol. The largest absolute Gasteiger partial charge is 0.384 e. The van der Waals surface area contributed by atoms with Crippen LogP contribution in [0.1, 0.15) is 5.56 Å². The molecule has 0 amide bonds. The zero-order valence-corrected chi connectivity index (χ0v) is 10.7. The molecule has 0 radical (unpaired) electrons. The van der Waals surface area contributed by atoms with Gasteiger partial charge in [-0.2, -0.15) is 5.10 Å². The van der Waals surface area contributed by atoms with Crippen LogP contribution in [-0.2, 0) is 9.84 Å². The first-order chi connectivity index (χ1) is 8.30. The number of aromatic nitrogens is 2. The lowest BCUT2D eigenvalue weighted by molar-refractivity contribution is 0.599. The molecule has 0 bridgehead atoms. The van der Waals surface area contributed by atoms with Crippen molar-refractivity contribution in [2.45, 2.75) is 11.8 Å². The summed E-state index contributed by atoms with van der Waals surface area (Å²) in [4.78, 5) is 0.0829. The maximum Gasteiger partial charge on any atom is 0.175 e. The lowest BCUT2D eigenvalue weighted by Gasteiger charge is -2.08. The van der Waals surface area contributed by atoms with Crippen LogP contribution in [-0.4, -0.2) is 24.9 Å². The van der Waals surface area contributed by atoms with Gasteiger partial charge in [-0.3, -0.25) is 5.10 Å². The molecule has 0 unspecified atom stereocenters. The van der Waals surface area contributed by atoms with E-state index < -0.39 is 15.7 Å². The van der Waals surface area contributed by atoms with Crippen LogP contribution < -0.4 is 5.73 Å². The Kier molecular flexibility index (Phi) is 2.86. The Hall–Kier alpha value is -1.89. The van der Waals surface area contributed by atoms with E-state index in [4.69, 9.17) is 5.73 Å². The van der Waals surface area contributed by atoms with E-state index in [1.165, 1.54) is 18.3 Å². The van der Waals surface area contributed by atoms with E-state index in [0.29, 0.717) is 11.1 Å². The van der Waals surface area contributed by atoms with Crippen molar-refractivity contribution in [3.8, 4) is 11.1 Å². The Morgan fingerprint density at radius 1 is 1.33 bits per heavy atom. The Bertz CT molecular complexity index is 707. The van der Waals surface area contributed by atoms with E-state index >= 15 is 0 Å². The fourth-order valence-corrected chi connectivity index (χ4v) is 2.75. The molecule has 1 aromatic heterocycles. The summed E-state index contributed by atoms with van der Waals surface area (Å²) < 4.78 is 37.1. The Balaban J connectivity index is 2.74. The van der Waals surface area contributed by atoms with Gasteiger partial charge in [-0.05, 0) is 24.6 Å². The average molecular weight is 269 g/mol. The van der Waals surface area contributed by atoms with Crippen LogP contribution >= 0.6 is 0 Å². The maximum absolute atomic E-state index is 13.9. The van der Waals surface area contributed by atoms with Crippen molar-refractivity contribution in [2.75, 3.05) is 12.0 Å². The predicted octanol–water partition coefficient (Wildman–Crippen LogP) is 1.51. The summed E-state index contributed by atoms with van der Waals surface area (Å²) in [5.41, 5.74) is 6.43. The van der Waals surface area contributed by atoms with Gasteiger partial charge in [0.05, 0.1) is 11.1 Å². The fraction of sp³-hybridized carbons (Fsp3) is 0.182. The lowest BCUT2D eigenvalue weighted by atomic mass is 10.1. The summed E-state index contributed by atoms with van der Waals surface area (Å²) >= 11 is 0. The molecular formula is C11H12FN3O2S. The summed E-state index contributed by atoms with van der Waals surface area (Å²) in [6.07, 6.45) is 2.44. The van der Waals surface area contributed by atoms with Crippen LogP contribution in [0.2, 0.25) is 0 Å². The van der Waals surface area contributed by atoms with Crippen molar-refractivity contribution in [1.82, 2.24) is 10.2 Å². The van der Waals surface area contributed by atoms with Gasteiger partial charge < -0.3 is 5.73 Å². The third-order valence-electron chi connectivity index (χ3n) is 2.62. The molecule has 0 spiro atoms. The van der Waals surface area contributed by atoms with Crippen molar-refractivity contribution in [3.05, 3.63) is 29.7 Å². The van der Waals surface area contributed by atoms with Crippen LogP contribution in [0.4, 0.5) is 10.2 Å². The quantitative estimate of drug-likeness (QED) is 0.809. The summed E-state index contributed by atoms with van der Waals surface area (Å²) in [7, 11) is -3.41. The van der Waals surface area contributed by atoms with Crippen LogP contribution in [0.3, 0.4) is 0 Å². The number of halogens is 1. The third-order valence-corrected chi connectivity index (χ3v) is 3.86. The highest BCUT2D eigenvalue weighted by Gasteiger charge is 2.17. The molecule has 1 aromatic carbocycles. The molecule has 7 heteroatoms. The number of anilines is 1. The SMILES string of the molecule is Cc1cc(F)c(-c2cn[nH]c2N)cc1S(C)(=O)=O. The number of aryl methyl sites for hydroxylation is 1. The average Bonchev–Trinajstić information content (AvgIpc) is 2.62. The second-order valence-electron chi connectivity index (χ2n) is 4.07. The number of benzene rings is 1. The van der Waals surface area contributed by atoms with Crippen LogP contribution in [0.15, 0.2) is 23.2 Å². The van der Waals surface area contributed by atoms with Gasteiger partial charge in [0.2, 0.25) is 0 Å². The highest BCUT2D eigenvalue weighted by Crippen LogP contribution is 2.30. The molecule has 18 heavy (non-hydrogen) atoms. The van der Waals surface area contributed by atoms with Crippen LogP contribution in [0.25, 0.3) is 11.1 Å². The molecule has 1 heterocycles. The van der Waals surface area contributed by atoms with Crippen molar-refractivity contribution in [3.63, 3.8) is 0 Å². The maximum atomic E-state index is 13.9. The number of hydrogen-bond acceptors (Lipinski definition) is 4. The van der Waals surface area contributed by atoms with E-state index in [0.717, 1.165) is 6.26 Å². The monoisotopic (exact) mass is 269 g/mol. The highest BCUT2D eigenvalue weighted by molar-refractivity contribution is 7.90. The van der Waals surface area contributed by atoms with Crippen LogP contribution in [0.5, 0.6) is 0 Å². The van der Waals surface area contributed by atoms with Crippen molar-refractivity contribution < 1.29 is 12.8 Å². The number of rotatable bonds is 2. The summed E-state index contributed by atoms with van der Waals surface area (Å²) in [6.45, 7) is 1.54. The number of nitrogens with two attached hydrogens (primary N) is 1. The second kappa shape index (κ2) is 4.09. The van der Waals surface area contributed by atoms with E-state index in [2.05, 4.69) is 10.2 Å². The molecule has 0 saturated carbocycles. The highest BCUT2D eigenvalue weighted by atomic mass is 32.2. The first kappa shape index (κ1) is 12.6. The van der Waals surface area contributed by atoms with E-state index in [1.807, 2.05) is 0 Å². The molecule has 0 atom stereocenters. The number of nitrogen functional groups attached to an aromatic ring is 1. The van der Waals surface area contributed by atoms with E-state index in [1.54, 1.807) is 6.92 Å². The molecule has 3 N–H and O–H groups in total. The van der Waals surface area contributed by atoms with Crippen molar-refractivity contribution >= 4 is 15.7 Å². The minimum Gasteiger partial charge on any atom is -0.384 e. The molecule has 5 nitrogen and oxygen atoms in total. The molecule has 0 fully saturated rings. The molecule has 0 aliphatic heterocycles. The standard InChI is InChI=1S/C11H12FN3O2S/c1-6-3-9(12)7(4-10(6)18(2,16)17)8-5-14-15-11(8)13/h3-5H,1-2H3,(H3,13,14,15). The van der Waals surface area contributed by atoms with E-state index in [-0.39, 0.29) is 16.3 Å². The molecule has 2 rings (SSSR count). The number of sulfone groups is 1. The molecule has 0 aliphatic rings. The normalized spacial score (nSPS) is 11.7. The Morgan fingerprint density at radius 3 is 2.50 bits per heavy atom. The van der Waals surface area contributed by atoms with Crippen molar-refractivity contribution in [2.24, 2.45) is 0 Å². The van der Waals surface area contributed by atoms with Gasteiger partial charge in [0.25, 0.3) is 0 Å². The van der Waals surface area contributed by atoms with Crippen LogP contribution in [0, 0.1) is 12.7 Å². The molecule has 96 valence electrons.